The number of quaternary nitrogens is 1. The summed E-state index contributed by atoms with van der Waals surface area (Å²) < 4.78 is 0. The largest absolute Gasteiger partial charge is 0.360 e. The Morgan fingerprint density at radius 1 is 1.04 bits per heavy atom. The smallest absolute Gasteiger partial charge is 0.166 e. The van der Waals surface area contributed by atoms with Gasteiger partial charge in [0, 0.05) is 30.5 Å². The van der Waals surface area contributed by atoms with Crippen molar-refractivity contribution in [3.05, 3.63) is 35.9 Å². The first-order valence-electron chi connectivity index (χ1n) is 9.65. The Kier molecular flexibility index (Phi) is 6.50. The van der Waals surface area contributed by atoms with Gasteiger partial charge in [-0.1, -0.05) is 50.1 Å². The molecular formula is C20H32N3S+. The molecule has 3 rings (SSSR count). The summed E-state index contributed by atoms with van der Waals surface area (Å²) in [6.07, 6.45) is 7.74. The van der Waals surface area contributed by atoms with E-state index >= 15 is 0 Å². The van der Waals surface area contributed by atoms with Crippen molar-refractivity contribution >= 4 is 17.3 Å². The Hall–Kier alpha value is -1.13. The first-order valence-corrected chi connectivity index (χ1v) is 10.1. The fourth-order valence-electron chi connectivity index (χ4n) is 4.16. The van der Waals surface area contributed by atoms with Gasteiger partial charge in [0.1, 0.15) is 6.54 Å². The van der Waals surface area contributed by atoms with Gasteiger partial charge in [-0.2, -0.15) is 0 Å². The zero-order valence-corrected chi connectivity index (χ0v) is 15.7. The number of hydrogen-bond donors (Lipinski definition) is 3. The first kappa shape index (κ1) is 17.7. The number of rotatable bonds is 4. The number of benzene rings is 1. The molecule has 1 saturated heterocycles. The molecule has 0 amide bonds. The number of hydrogen-bond acceptors (Lipinski definition) is 1. The van der Waals surface area contributed by atoms with Crippen LogP contribution in [0.4, 0.5) is 0 Å². The molecule has 0 radical (unpaired) electrons. The van der Waals surface area contributed by atoms with E-state index in [9.17, 15) is 0 Å². The fraction of sp³-hybridized carbons (Fsp3) is 0.650. The Labute approximate surface area is 152 Å². The van der Waals surface area contributed by atoms with E-state index in [1.807, 2.05) is 0 Å². The van der Waals surface area contributed by atoms with Crippen LogP contribution in [0.3, 0.4) is 0 Å². The van der Waals surface area contributed by atoms with Crippen LogP contribution in [0.25, 0.3) is 0 Å². The number of nitrogens with one attached hydrogen (secondary N) is 3. The van der Waals surface area contributed by atoms with Crippen LogP contribution in [0.5, 0.6) is 0 Å². The third kappa shape index (κ3) is 5.18. The molecule has 24 heavy (non-hydrogen) atoms. The predicted octanol–water partition coefficient (Wildman–Crippen LogP) is 2.28. The van der Waals surface area contributed by atoms with Gasteiger partial charge in [-0.05, 0) is 31.0 Å². The summed E-state index contributed by atoms with van der Waals surface area (Å²) in [7, 11) is 0. The lowest BCUT2D eigenvalue weighted by molar-refractivity contribution is -0.918. The van der Waals surface area contributed by atoms with Crippen LogP contribution in [0, 0.1) is 5.92 Å². The van der Waals surface area contributed by atoms with Crippen molar-refractivity contribution < 1.29 is 4.90 Å². The molecule has 132 valence electrons. The summed E-state index contributed by atoms with van der Waals surface area (Å²) in [6.45, 7) is 5.96. The second kappa shape index (κ2) is 8.82. The maximum atomic E-state index is 5.57. The lowest BCUT2D eigenvalue weighted by Crippen LogP contribution is -3.12. The lowest BCUT2D eigenvalue weighted by atomic mass is 9.86. The Bertz CT molecular complexity index is 511. The second-order valence-corrected chi connectivity index (χ2v) is 8.08. The van der Waals surface area contributed by atoms with Gasteiger partial charge in [-0.15, -0.1) is 0 Å². The minimum atomic E-state index is 0.545. The van der Waals surface area contributed by atoms with Gasteiger partial charge in [0.15, 0.2) is 5.11 Å². The molecule has 0 bridgehead atoms. The monoisotopic (exact) mass is 346 g/mol. The van der Waals surface area contributed by atoms with Crippen molar-refractivity contribution in [3.8, 4) is 0 Å². The summed E-state index contributed by atoms with van der Waals surface area (Å²) in [6, 6.07) is 12.0. The van der Waals surface area contributed by atoms with Gasteiger partial charge >= 0.3 is 0 Å². The molecule has 1 aromatic rings. The van der Waals surface area contributed by atoms with E-state index in [4.69, 9.17) is 12.2 Å². The highest BCUT2D eigenvalue weighted by atomic mass is 32.1. The van der Waals surface area contributed by atoms with Gasteiger partial charge in [-0.25, -0.2) is 0 Å². The molecule has 1 aliphatic carbocycles. The standard InChI is InChI=1S/C20H31N3S/c1-16-7-5-6-10-19(16)22-20(24)21-18-11-13-23(14-12-18)15-17-8-3-2-4-9-17/h2-4,8-9,16,18-19H,5-7,10-15H2,1H3,(H2,21,22,24)/p+1/t16-,19-/m0/s1. The number of likely N-dealkylation sites (tertiary alicyclic amines) is 1. The van der Waals surface area contributed by atoms with E-state index in [0.717, 1.165) is 17.6 Å². The van der Waals surface area contributed by atoms with E-state index in [1.165, 1.54) is 57.2 Å². The zero-order valence-electron chi connectivity index (χ0n) is 14.9. The van der Waals surface area contributed by atoms with Crippen LogP contribution in [-0.4, -0.2) is 30.3 Å². The van der Waals surface area contributed by atoms with Crippen molar-refractivity contribution in [2.45, 2.75) is 64.1 Å². The van der Waals surface area contributed by atoms with Crippen molar-refractivity contribution in [1.29, 1.82) is 0 Å². The number of thiocarbonyl (C=S) groups is 1. The van der Waals surface area contributed by atoms with Gasteiger partial charge < -0.3 is 15.5 Å². The molecule has 0 aromatic heterocycles. The maximum Gasteiger partial charge on any atom is 0.166 e. The third-order valence-corrected chi connectivity index (χ3v) is 5.99. The van der Waals surface area contributed by atoms with E-state index in [-0.39, 0.29) is 0 Å². The van der Waals surface area contributed by atoms with Crippen LogP contribution in [0.15, 0.2) is 30.3 Å². The molecule has 2 aliphatic rings. The highest BCUT2D eigenvalue weighted by Gasteiger charge is 2.25. The quantitative estimate of drug-likeness (QED) is 0.731. The van der Waals surface area contributed by atoms with E-state index in [0.29, 0.717) is 12.1 Å². The molecule has 1 heterocycles. The van der Waals surface area contributed by atoms with Gasteiger partial charge in [0.25, 0.3) is 0 Å². The summed E-state index contributed by atoms with van der Waals surface area (Å²) >= 11 is 5.57. The molecule has 4 heteroatoms. The van der Waals surface area contributed by atoms with Gasteiger partial charge in [-0.3, -0.25) is 0 Å². The summed E-state index contributed by atoms with van der Waals surface area (Å²) in [5.41, 5.74) is 1.45. The molecule has 2 fully saturated rings. The Balaban J connectivity index is 1.38. The molecule has 1 saturated carbocycles. The molecular weight excluding hydrogens is 314 g/mol. The minimum Gasteiger partial charge on any atom is -0.360 e. The minimum absolute atomic E-state index is 0.545. The molecule has 2 atom stereocenters. The molecule has 1 aliphatic heterocycles. The molecule has 0 spiro atoms. The Morgan fingerprint density at radius 3 is 2.46 bits per heavy atom. The summed E-state index contributed by atoms with van der Waals surface area (Å²) in [5, 5.41) is 8.04. The SMILES string of the molecule is C[C@H]1CCCC[C@@H]1NC(=S)NC1CC[NH+](Cc2ccccc2)CC1. The highest BCUT2D eigenvalue weighted by Crippen LogP contribution is 2.23. The van der Waals surface area contributed by atoms with Gasteiger partial charge in [0.2, 0.25) is 0 Å². The fourth-order valence-corrected chi connectivity index (χ4v) is 4.48. The van der Waals surface area contributed by atoms with Crippen molar-refractivity contribution in [2.24, 2.45) is 5.92 Å². The van der Waals surface area contributed by atoms with E-state index in [2.05, 4.69) is 47.9 Å². The lowest BCUT2D eigenvalue weighted by Gasteiger charge is -2.33. The van der Waals surface area contributed by atoms with E-state index in [1.54, 1.807) is 4.90 Å². The second-order valence-electron chi connectivity index (χ2n) is 7.67. The summed E-state index contributed by atoms with van der Waals surface area (Å²) in [4.78, 5) is 1.69. The van der Waals surface area contributed by atoms with Crippen LogP contribution in [0.2, 0.25) is 0 Å². The van der Waals surface area contributed by atoms with Gasteiger partial charge in [0.05, 0.1) is 13.1 Å². The third-order valence-electron chi connectivity index (χ3n) is 5.75. The molecule has 3 N–H and O–H groups in total. The van der Waals surface area contributed by atoms with Crippen molar-refractivity contribution in [1.82, 2.24) is 10.6 Å². The van der Waals surface area contributed by atoms with Crippen molar-refractivity contribution in [3.63, 3.8) is 0 Å². The average Bonchev–Trinajstić information content (AvgIpc) is 2.60. The van der Waals surface area contributed by atoms with Crippen LogP contribution < -0.4 is 15.5 Å². The maximum absolute atomic E-state index is 5.57. The molecule has 3 nitrogen and oxygen atoms in total. The Morgan fingerprint density at radius 2 is 1.75 bits per heavy atom. The van der Waals surface area contributed by atoms with E-state index < -0.39 is 0 Å². The molecule has 1 aromatic carbocycles. The van der Waals surface area contributed by atoms with Crippen molar-refractivity contribution in [2.75, 3.05) is 13.1 Å². The van der Waals surface area contributed by atoms with Crippen LogP contribution >= 0.6 is 12.2 Å². The predicted molar refractivity (Wildman–Crippen MR) is 104 cm³/mol. The van der Waals surface area contributed by atoms with Crippen LogP contribution in [-0.2, 0) is 6.54 Å². The topological polar surface area (TPSA) is 28.5 Å². The molecule has 0 unspecified atom stereocenters. The van der Waals surface area contributed by atoms with Crippen LogP contribution in [0.1, 0.15) is 51.0 Å². The normalized spacial score (nSPS) is 30.5. The first-order chi connectivity index (χ1) is 11.7. The number of piperidine rings is 1. The summed E-state index contributed by atoms with van der Waals surface area (Å²) in [5.74, 6) is 0.746. The zero-order chi connectivity index (χ0) is 16.8. The highest BCUT2D eigenvalue weighted by molar-refractivity contribution is 7.80. The average molecular weight is 347 g/mol.